The number of benzene rings is 2. The van der Waals surface area contributed by atoms with E-state index in [0.717, 1.165) is 6.42 Å². The highest BCUT2D eigenvalue weighted by Gasteiger charge is 2.22. The number of fused-ring (bicyclic) bond motifs is 1. The number of carbonyl (C=O) groups is 2. The third-order valence-corrected chi connectivity index (χ3v) is 4.38. The summed E-state index contributed by atoms with van der Waals surface area (Å²) in [4.78, 5) is 36.2. The molecule has 30 heavy (non-hydrogen) atoms. The highest BCUT2D eigenvalue weighted by molar-refractivity contribution is 6.03. The average Bonchev–Trinajstić information content (AvgIpc) is 2.74. The second-order valence-electron chi connectivity index (χ2n) is 6.58. The fourth-order valence-corrected chi connectivity index (χ4v) is 2.82. The number of likely N-dealkylation sites (N-methyl/N-ethyl adjacent to an activating group) is 1. The highest BCUT2D eigenvalue weighted by atomic mass is 16.6. The first kappa shape index (κ1) is 20.8. The number of rotatable bonds is 7. The van der Waals surface area contributed by atoms with Gasteiger partial charge in [0.05, 0.1) is 17.2 Å². The second-order valence-corrected chi connectivity index (χ2v) is 6.58. The molecule has 1 aliphatic heterocycles. The maximum Gasteiger partial charge on any atom is 0.311 e. The summed E-state index contributed by atoms with van der Waals surface area (Å²) in [7, 11) is 1.63. The van der Waals surface area contributed by atoms with Crippen LogP contribution in [0.2, 0.25) is 0 Å². The van der Waals surface area contributed by atoms with Crippen molar-refractivity contribution in [2.45, 2.75) is 13.3 Å². The van der Waals surface area contributed by atoms with E-state index in [1.54, 1.807) is 31.3 Å². The lowest BCUT2D eigenvalue weighted by Gasteiger charge is -2.26. The van der Waals surface area contributed by atoms with Crippen LogP contribution >= 0.6 is 0 Å². The Labute approximate surface area is 173 Å². The molecule has 0 spiro atoms. The Morgan fingerprint density at radius 2 is 2.13 bits per heavy atom. The molecule has 1 N–H and O–H groups in total. The van der Waals surface area contributed by atoms with Gasteiger partial charge in [0.15, 0.2) is 12.4 Å². The van der Waals surface area contributed by atoms with Gasteiger partial charge in [0, 0.05) is 24.9 Å². The molecule has 0 unspecified atom stereocenters. The Morgan fingerprint density at radius 3 is 2.87 bits per heavy atom. The molecule has 0 bridgehead atoms. The van der Waals surface area contributed by atoms with Crippen molar-refractivity contribution in [3.05, 3.63) is 58.2 Å². The van der Waals surface area contributed by atoms with Crippen LogP contribution in [0.25, 0.3) is 6.08 Å². The lowest BCUT2D eigenvalue weighted by atomic mass is 10.1. The molecule has 0 fully saturated rings. The van der Waals surface area contributed by atoms with Crippen LogP contribution in [0.15, 0.2) is 42.5 Å². The maximum absolute atomic E-state index is 12.3. The van der Waals surface area contributed by atoms with Crippen molar-refractivity contribution in [2.24, 2.45) is 0 Å². The van der Waals surface area contributed by atoms with Crippen LogP contribution < -0.4 is 19.7 Å². The third kappa shape index (κ3) is 4.75. The number of nitro benzene ring substituents is 1. The molecule has 1 heterocycles. The molecule has 2 aromatic carbocycles. The molecule has 0 saturated heterocycles. The van der Waals surface area contributed by atoms with Gasteiger partial charge in [-0.05, 0) is 42.3 Å². The van der Waals surface area contributed by atoms with E-state index in [2.05, 4.69) is 5.32 Å². The zero-order chi connectivity index (χ0) is 21.7. The van der Waals surface area contributed by atoms with Crippen molar-refractivity contribution in [3.8, 4) is 11.5 Å². The molecule has 3 rings (SSSR count). The Hall–Kier alpha value is -3.88. The summed E-state index contributed by atoms with van der Waals surface area (Å²) in [6.45, 7) is 2.27. The van der Waals surface area contributed by atoms with Gasteiger partial charge in [-0.2, -0.15) is 0 Å². The van der Waals surface area contributed by atoms with Crippen LogP contribution in [-0.4, -0.2) is 37.0 Å². The molecule has 9 heteroatoms. The van der Waals surface area contributed by atoms with Gasteiger partial charge in [0.1, 0.15) is 5.75 Å². The predicted molar refractivity (Wildman–Crippen MR) is 112 cm³/mol. The van der Waals surface area contributed by atoms with Crippen LogP contribution in [0, 0.1) is 10.1 Å². The predicted octanol–water partition coefficient (Wildman–Crippen LogP) is 3.39. The third-order valence-electron chi connectivity index (χ3n) is 4.38. The Bertz CT molecular complexity index is 1020. The van der Waals surface area contributed by atoms with Crippen molar-refractivity contribution in [1.82, 2.24) is 0 Å². The van der Waals surface area contributed by atoms with Crippen LogP contribution in [0.5, 0.6) is 11.5 Å². The van der Waals surface area contributed by atoms with Crippen LogP contribution in [0.3, 0.4) is 0 Å². The van der Waals surface area contributed by atoms with E-state index in [1.165, 1.54) is 29.2 Å². The highest BCUT2D eigenvalue weighted by Crippen LogP contribution is 2.33. The maximum atomic E-state index is 12.3. The van der Waals surface area contributed by atoms with Gasteiger partial charge in [0.2, 0.25) is 5.91 Å². The molecule has 1 aliphatic rings. The lowest BCUT2D eigenvalue weighted by Crippen LogP contribution is -2.35. The molecule has 0 aromatic heterocycles. The summed E-state index contributed by atoms with van der Waals surface area (Å²) in [5.74, 6) is 0.148. The fourth-order valence-electron chi connectivity index (χ4n) is 2.82. The van der Waals surface area contributed by atoms with Crippen molar-refractivity contribution < 1.29 is 24.0 Å². The molecule has 156 valence electrons. The summed E-state index contributed by atoms with van der Waals surface area (Å²) in [5.41, 5.74) is 1.38. The summed E-state index contributed by atoms with van der Waals surface area (Å²) in [6, 6.07) is 9.49. The summed E-state index contributed by atoms with van der Waals surface area (Å²) >= 11 is 0. The normalized spacial score (nSPS) is 13.0. The zero-order valence-corrected chi connectivity index (χ0v) is 16.6. The number of ether oxygens (including phenoxy) is 2. The van der Waals surface area contributed by atoms with E-state index in [1.807, 2.05) is 6.92 Å². The summed E-state index contributed by atoms with van der Waals surface area (Å²) in [6.07, 6.45) is 3.48. The van der Waals surface area contributed by atoms with E-state index >= 15 is 0 Å². The Balaban J connectivity index is 1.71. The molecular weight excluding hydrogens is 390 g/mol. The van der Waals surface area contributed by atoms with E-state index in [4.69, 9.17) is 9.47 Å². The molecule has 0 saturated carbocycles. The molecule has 0 atom stereocenters. The first-order valence-corrected chi connectivity index (χ1v) is 9.32. The van der Waals surface area contributed by atoms with Crippen LogP contribution in [0.1, 0.15) is 18.9 Å². The number of carbonyl (C=O) groups excluding carboxylic acids is 2. The first-order chi connectivity index (χ1) is 14.4. The van der Waals surface area contributed by atoms with E-state index in [0.29, 0.717) is 29.3 Å². The quantitative estimate of drug-likeness (QED) is 0.425. The minimum Gasteiger partial charge on any atom is -0.487 e. The van der Waals surface area contributed by atoms with Gasteiger partial charge in [-0.15, -0.1) is 0 Å². The van der Waals surface area contributed by atoms with Gasteiger partial charge in [0.25, 0.3) is 5.91 Å². The molecule has 2 amide bonds. The molecular formula is C21H21N3O6. The average molecular weight is 411 g/mol. The fraction of sp³-hybridized carbons (Fsp3) is 0.238. The van der Waals surface area contributed by atoms with Gasteiger partial charge in [-0.3, -0.25) is 19.7 Å². The number of nitrogens with one attached hydrogen (secondary N) is 1. The largest absolute Gasteiger partial charge is 0.487 e. The Morgan fingerprint density at radius 1 is 1.33 bits per heavy atom. The van der Waals surface area contributed by atoms with Gasteiger partial charge in [-0.25, -0.2) is 0 Å². The number of hydrogen-bond donors (Lipinski definition) is 1. The van der Waals surface area contributed by atoms with Gasteiger partial charge >= 0.3 is 5.69 Å². The standard InChI is InChI=1S/C21H21N3O6/c1-3-10-29-19-7-4-14(11-17(19)24(27)28)5-9-20(25)22-15-6-8-18-16(12-15)23(2)21(26)13-30-18/h4-9,11-12H,3,10,13H2,1-2H3,(H,22,25)/b9-5+. The van der Waals surface area contributed by atoms with Crippen molar-refractivity contribution in [3.63, 3.8) is 0 Å². The number of amides is 2. The molecule has 0 radical (unpaired) electrons. The Kier molecular flexibility index (Phi) is 6.31. The number of anilines is 2. The van der Waals surface area contributed by atoms with Crippen LogP contribution in [0.4, 0.5) is 17.1 Å². The smallest absolute Gasteiger partial charge is 0.311 e. The number of hydrogen-bond acceptors (Lipinski definition) is 6. The summed E-state index contributed by atoms with van der Waals surface area (Å²) in [5, 5.41) is 14.0. The van der Waals surface area contributed by atoms with E-state index in [9.17, 15) is 19.7 Å². The van der Waals surface area contributed by atoms with E-state index in [-0.39, 0.29) is 24.0 Å². The second kappa shape index (κ2) is 9.08. The van der Waals surface area contributed by atoms with Crippen molar-refractivity contribution in [1.29, 1.82) is 0 Å². The SMILES string of the molecule is CCCOc1ccc(/C=C/C(=O)Nc2ccc3c(c2)N(C)C(=O)CO3)cc1[N+](=O)[O-]. The van der Waals surface area contributed by atoms with Gasteiger partial charge in [-0.1, -0.05) is 13.0 Å². The number of nitrogens with zero attached hydrogens (tertiary/aromatic N) is 2. The lowest BCUT2D eigenvalue weighted by molar-refractivity contribution is -0.385. The van der Waals surface area contributed by atoms with Crippen LogP contribution in [-0.2, 0) is 9.59 Å². The summed E-state index contributed by atoms with van der Waals surface area (Å²) < 4.78 is 10.7. The minimum atomic E-state index is -0.518. The monoisotopic (exact) mass is 411 g/mol. The van der Waals surface area contributed by atoms with E-state index < -0.39 is 10.8 Å². The minimum absolute atomic E-state index is 0.0215. The molecule has 2 aromatic rings. The number of nitro groups is 1. The first-order valence-electron chi connectivity index (χ1n) is 9.32. The zero-order valence-electron chi connectivity index (χ0n) is 16.6. The van der Waals surface area contributed by atoms with Crippen molar-refractivity contribution >= 4 is 35.0 Å². The topological polar surface area (TPSA) is 111 Å². The molecule has 9 nitrogen and oxygen atoms in total. The molecule has 0 aliphatic carbocycles. The van der Waals surface area contributed by atoms with Crippen molar-refractivity contribution in [2.75, 3.05) is 30.5 Å². The van der Waals surface area contributed by atoms with Gasteiger partial charge < -0.3 is 19.7 Å².